The molecule has 2 saturated heterocycles. The summed E-state index contributed by atoms with van der Waals surface area (Å²) >= 11 is 3.15. The van der Waals surface area contributed by atoms with E-state index in [1.54, 1.807) is 0 Å². The molecule has 0 saturated carbocycles. The average molecular weight is 816 g/mol. The van der Waals surface area contributed by atoms with Gasteiger partial charge in [-0.15, -0.1) is 0 Å². The largest absolute Gasteiger partial charge is 1.00 e. The Labute approximate surface area is 295 Å². The van der Waals surface area contributed by atoms with Crippen molar-refractivity contribution in [2.24, 2.45) is 0 Å². The van der Waals surface area contributed by atoms with Crippen LogP contribution >= 0.6 is 15.9 Å². The summed E-state index contributed by atoms with van der Waals surface area (Å²) in [6, 6.07) is 0. The molecule has 2 rings (SSSR count). The Kier molecular flexibility index (Phi) is 95.2. The van der Waals surface area contributed by atoms with Crippen LogP contribution in [-0.2, 0) is 9.10 Å². The second-order valence-electron chi connectivity index (χ2n) is 9.20. The van der Waals surface area contributed by atoms with Crippen LogP contribution < -0.4 is 26.4 Å². The van der Waals surface area contributed by atoms with E-state index in [4.69, 9.17) is 4.74 Å². The van der Waals surface area contributed by atoms with Crippen LogP contribution in [0.1, 0.15) is 103 Å². The Morgan fingerprint density at radius 3 is 0.800 bits per heavy atom. The van der Waals surface area contributed by atoms with Gasteiger partial charge < -0.3 is 44.5 Å². The molecule has 0 aromatic rings. The number of hydrogen-bond donors (Lipinski definition) is 0. The monoisotopic (exact) mass is 814 g/mol. The van der Waals surface area contributed by atoms with Crippen molar-refractivity contribution in [1.82, 2.24) is 0 Å². The van der Waals surface area contributed by atoms with Gasteiger partial charge in [0.05, 0.1) is 53.4 Å². The molecule has 2 aliphatic rings. The van der Waals surface area contributed by atoms with Crippen LogP contribution in [0.4, 0.5) is 25.9 Å². The molecule has 4 nitrogen and oxygen atoms in total. The van der Waals surface area contributed by atoms with Crippen molar-refractivity contribution < 1.29 is 70.4 Å². The Balaban J connectivity index is -0.0000000334. The molecule has 0 spiro atoms. The van der Waals surface area contributed by atoms with Crippen molar-refractivity contribution in [3.8, 4) is 0 Å². The molecule has 0 aliphatic carbocycles. The highest BCUT2D eigenvalue weighted by Gasteiger charge is 2.24. The summed E-state index contributed by atoms with van der Waals surface area (Å²) in [7, 11) is -2.63. The molecule has 0 amide bonds. The van der Waals surface area contributed by atoms with Gasteiger partial charge in [0, 0.05) is 65.0 Å². The van der Waals surface area contributed by atoms with E-state index in [0.29, 0.717) is 0 Å². The number of ether oxygens (including phenoxy) is 1. The van der Waals surface area contributed by atoms with E-state index in [1.807, 2.05) is 20.8 Å². The van der Waals surface area contributed by atoms with Gasteiger partial charge in [-0.3, -0.25) is 25.9 Å². The van der Waals surface area contributed by atoms with Crippen LogP contribution in [0.15, 0.2) is 0 Å². The fourth-order valence-corrected chi connectivity index (χ4v) is 3.65. The van der Waals surface area contributed by atoms with Gasteiger partial charge >= 0.3 is 15.1 Å². The lowest BCUT2D eigenvalue weighted by molar-refractivity contribution is -0.895. The Hall–Kier alpha value is 0.370. The van der Waals surface area contributed by atoms with Crippen LogP contribution in [0.5, 0.6) is 0 Å². The molecule has 0 radical (unpaired) electrons. The first kappa shape index (κ1) is 75.6. The quantitative estimate of drug-likeness (QED) is 0.124. The van der Waals surface area contributed by atoms with Crippen LogP contribution in [0.2, 0.25) is 0 Å². The van der Waals surface area contributed by atoms with E-state index in [9.17, 15) is 25.9 Å². The number of quaternary nitrogens is 2. The first-order valence-corrected chi connectivity index (χ1v) is 15.6. The molecular weight excluding hydrogens is 742 g/mol. The maximum absolute atomic E-state index is 9.67. The third kappa shape index (κ3) is 76.0. The summed E-state index contributed by atoms with van der Waals surface area (Å²) in [5.74, 6) is 0. The molecule has 16 heteroatoms. The zero-order chi connectivity index (χ0) is 31.8. The molecule has 288 valence electrons. The lowest BCUT2D eigenvalue weighted by Crippen LogP contribution is -3.00. The minimum absolute atomic E-state index is 0. The maximum Gasteiger partial charge on any atom is 0.762 e. The van der Waals surface area contributed by atoms with E-state index >= 15 is 0 Å². The summed E-state index contributed by atoms with van der Waals surface area (Å²) in [5.41, 5.74) is 0. The lowest BCUT2D eigenvalue weighted by atomic mass is 10.4. The summed E-state index contributed by atoms with van der Waals surface area (Å²) in [6.45, 7) is 30.3. The van der Waals surface area contributed by atoms with Crippen molar-refractivity contribution in [2.75, 3.05) is 91.7 Å². The number of likely N-dealkylation sites (tertiary alicyclic amines) is 2. The molecule has 0 unspecified atom stereocenters. The normalized spacial score (nSPS) is 13.5. The zero-order valence-electron chi connectivity index (χ0n) is 28.0. The Morgan fingerprint density at radius 2 is 0.756 bits per heavy atom. The van der Waals surface area contributed by atoms with E-state index in [2.05, 4.69) is 69.0 Å². The van der Waals surface area contributed by atoms with Gasteiger partial charge in [-0.25, -0.2) is 0 Å². The van der Waals surface area contributed by atoms with E-state index < -0.39 is 15.1 Å². The molecule has 0 atom stereocenters. The third-order valence-electron chi connectivity index (χ3n) is 6.45. The zero-order valence-corrected chi connectivity index (χ0v) is 31.1. The number of nitrogens with zero attached hydrogens (tertiary/aromatic N) is 2. The molecule has 0 N–H and O–H groups in total. The van der Waals surface area contributed by atoms with Crippen molar-refractivity contribution in [3.05, 3.63) is 0 Å². The molecule has 0 bridgehead atoms. The standard InChI is InChI=1S/2C7H16N.C6H15O.C4H10O.C2H5Br.3CH4.2BF3.BrH.2FH/c2*1-3-8(2)6-4-5-7-8;1-4-7(5-2)6-3;1-3-5-4-2;1-2-3;;;;2*2-1(3)4;;;/h2*3-7H2,1-2H3;4-6H2,1-3H3;3-4H2,1-2H3;2H2,1H3;3*1H4;;;3*1H/q3*+1;;;;;;;;;;/p-3. The molecule has 2 aliphatic heterocycles. The van der Waals surface area contributed by atoms with E-state index in [1.165, 1.54) is 73.9 Å². The predicted molar refractivity (Wildman–Crippen MR) is 184 cm³/mol. The van der Waals surface area contributed by atoms with Gasteiger partial charge in [0.15, 0.2) is 0 Å². The maximum atomic E-state index is 9.67. The van der Waals surface area contributed by atoms with Gasteiger partial charge in [-0.1, -0.05) is 45.1 Å². The van der Waals surface area contributed by atoms with Gasteiger partial charge in [-0.2, -0.15) is 0 Å². The van der Waals surface area contributed by atoms with Crippen LogP contribution in [0.25, 0.3) is 0 Å². The van der Waals surface area contributed by atoms with Crippen molar-refractivity contribution in [2.45, 2.75) is 103 Å². The second kappa shape index (κ2) is 56.7. The predicted octanol–water partition coefficient (Wildman–Crippen LogP) is 1.22. The van der Waals surface area contributed by atoms with Crippen molar-refractivity contribution in [1.29, 1.82) is 0 Å². The Bertz CT molecular complexity index is 408. The smallest absolute Gasteiger partial charge is 0.762 e. The highest BCUT2D eigenvalue weighted by molar-refractivity contribution is 9.09. The van der Waals surface area contributed by atoms with Crippen molar-refractivity contribution >= 4 is 31.0 Å². The second-order valence-corrected chi connectivity index (χ2v) is 10.3. The fraction of sp³-hybridized carbons (Fsp3) is 1.00. The van der Waals surface area contributed by atoms with E-state index in [0.717, 1.165) is 38.4 Å². The van der Waals surface area contributed by atoms with Gasteiger partial charge in [-0.05, 0) is 27.7 Å². The number of rotatable bonds is 7. The number of halogens is 10. The summed E-state index contributed by atoms with van der Waals surface area (Å²) in [6.07, 6.45) is 5.80. The topological polar surface area (TPSA) is 11.9 Å². The molecule has 0 aromatic carbocycles. The highest BCUT2D eigenvalue weighted by atomic mass is 79.9. The lowest BCUT2D eigenvalue weighted by Gasteiger charge is -2.26. The summed E-state index contributed by atoms with van der Waals surface area (Å²) < 4.78 is 68.5. The number of alkyl halides is 1. The average Bonchev–Trinajstić information content (AvgIpc) is 3.51. The van der Waals surface area contributed by atoms with Crippen LogP contribution in [-0.4, -0.2) is 116 Å². The summed E-state index contributed by atoms with van der Waals surface area (Å²) in [5, 5.41) is 1.06. The van der Waals surface area contributed by atoms with Gasteiger partial charge in [0.1, 0.15) is 19.8 Å². The fourth-order valence-electron chi connectivity index (χ4n) is 3.65. The van der Waals surface area contributed by atoms with Crippen molar-refractivity contribution in [3.63, 3.8) is 0 Å². The minimum atomic E-state index is -3.67. The Morgan fingerprint density at radius 1 is 0.578 bits per heavy atom. The molecular formula is C29H74B2Br2F8N2O2. The number of hydrogen-bond acceptors (Lipinski definition) is 1. The highest BCUT2D eigenvalue weighted by Crippen LogP contribution is 2.15. The summed E-state index contributed by atoms with van der Waals surface area (Å²) in [4.78, 5) is 0. The SMILES string of the molecule is C.C.C.CCBr.CCOCC.CC[N+]1(C)CCCC1.CC[N+]1(C)CCCC1.CC[O+](CC)CC.FB(F)F.FB(F)F.[Br-].[F-].[F-]. The third-order valence-corrected chi connectivity index (χ3v) is 6.45. The van der Waals surface area contributed by atoms with Crippen LogP contribution in [0, 0.1) is 0 Å². The molecule has 0 aromatic heterocycles. The van der Waals surface area contributed by atoms with Crippen LogP contribution in [0.3, 0.4) is 0 Å². The van der Waals surface area contributed by atoms with E-state index in [-0.39, 0.29) is 48.7 Å². The first-order valence-electron chi connectivity index (χ1n) is 14.5. The minimum Gasteiger partial charge on any atom is -1.00 e. The molecule has 2 fully saturated rings. The molecule has 45 heavy (non-hydrogen) atoms. The molecule has 2 heterocycles. The first-order chi connectivity index (χ1) is 18.2. The van der Waals surface area contributed by atoms with Gasteiger partial charge in [0.2, 0.25) is 0 Å². The van der Waals surface area contributed by atoms with Gasteiger partial charge in [0.25, 0.3) is 0 Å².